The number of carboxylic acid groups (broad SMARTS) is 1. The number of carboxylic acids is 1. The number of nitrogens with one attached hydrogen (secondary N) is 1. The molecule has 0 aliphatic heterocycles. The third-order valence-corrected chi connectivity index (χ3v) is 5.13. The molecular formula is C22H24FNO6S. The van der Waals surface area contributed by atoms with Crippen molar-refractivity contribution in [3.8, 4) is 5.75 Å². The van der Waals surface area contributed by atoms with Gasteiger partial charge in [-0.3, -0.25) is 5.32 Å². The van der Waals surface area contributed by atoms with Crippen LogP contribution in [0.1, 0.15) is 24.5 Å². The summed E-state index contributed by atoms with van der Waals surface area (Å²) in [5.41, 5.74) is 0.814. The highest BCUT2D eigenvalue weighted by molar-refractivity contribution is 7.98. The van der Waals surface area contributed by atoms with Gasteiger partial charge in [-0.15, -0.1) is 11.8 Å². The highest BCUT2D eigenvalue weighted by Crippen LogP contribution is 2.30. The standard InChI is InChI=1S/C22H24FNO6S/c1-29-19(5-3-4-6-20(26)27)21(14-7-12-18(25)17(23)13-14)30-22(28)24-15-8-10-16(31-2)11-9-15/h4,6-13,19,21,25H,3,5H2,1-2H3,(H,24,28)(H,26,27)/b6-4+/t19-,21-/m1/s1. The number of allylic oxidation sites excluding steroid dienone is 1. The predicted molar refractivity (Wildman–Crippen MR) is 116 cm³/mol. The molecule has 0 heterocycles. The van der Waals surface area contributed by atoms with E-state index in [0.717, 1.165) is 23.1 Å². The normalized spacial score (nSPS) is 13.0. The lowest BCUT2D eigenvalue weighted by molar-refractivity contribution is -0.131. The third-order valence-electron chi connectivity index (χ3n) is 4.39. The Kier molecular flexibility index (Phi) is 9.36. The number of rotatable bonds is 10. The number of aliphatic carboxylic acids is 1. The molecule has 9 heteroatoms. The molecular weight excluding hydrogens is 425 g/mol. The molecule has 1 amide bonds. The molecule has 0 aliphatic rings. The maximum absolute atomic E-state index is 13.9. The number of methoxy groups -OCH3 is 1. The second kappa shape index (κ2) is 12.0. The molecule has 2 aromatic carbocycles. The molecule has 2 atom stereocenters. The zero-order valence-electron chi connectivity index (χ0n) is 17.1. The van der Waals surface area contributed by atoms with Crippen molar-refractivity contribution in [1.29, 1.82) is 0 Å². The van der Waals surface area contributed by atoms with Crippen LogP contribution in [0, 0.1) is 5.82 Å². The minimum atomic E-state index is -1.07. The van der Waals surface area contributed by atoms with Gasteiger partial charge in [0, 0.05) is 23.8 Å². The van der Waals surface area contributed by atoms with Crippen LogP contribution in [0.2, 0.25) is 0 Å². The number of benzene rings is 2. The van der Waals surface area contributed by atoms with E-state index in [9.17, 15) is 19.1 Å². The van der Waals surface area contributed by atoms with Crippen molar-refractivity contribution in [1.82, 2.24) is 0 Å². The van der Waals surface area contributed by atoms with Crippen LogP contribution in [0.25, 0.3) is 0 Å². The summed E-state index contributed by atoms with van der Waals surface area (Å²) in [5, 5.41) is 20.8. The van der Waals surface area contributed by atoms with Crippen molar-refractivity contribution in [2.45, 2.75) is 29.9 Å². The summed E-state index contributed by atoms with van der Waals surface area (Å²) in [7, 11) is 1.41. The highest BCUT2D eigenvalue weighted by Gasteiger charge is 2.28. The molecule has 0 aliphatic carbocycles. The van der Waals surface area contributed by atoms with E-state index in [1.165, 1.54) is 19.3 Å². The van der Waals surface area contributed by atoms with E-state index in [-0.39, 0.29) is 5.56 Å². The van der Waals surface area contributed by atoms with Gasteiger partial charge in [0.1, 0.15) is 0 Å². The molecule has 0 saturated carbocycles. The minimum Gasteiger partial charge on any atom is -0.505 e. The van der Waals surface area contributed by atoms with E-state index in [2.05, 4.69) is 5.32 Å². The third kappa shape index (κ3) is 7.62. The van der Waals surface area contributed by atoms with E-state index < -0.39 is 35.8 Å². The Morgan fingerprint density at radius 2 is 1.94 bits per heavy atom. The first-order chi connectivity index (χ1) is 14.8. The summed E-state index contributed by atoms with van der Waals surface area (Å²) < 4.78 is 24.9. The summed E-state index contributed by atoms with van der Waals surface area (Å²) in [4.78, 5) is 24.2. The second-order valence-corrected chi connectivity index (χ2v) is 7.36. The number of halogens is 1. The molecule has 0 fully saturated rings. The topological polar surface area (TPSA) is 105 Å². The summed E-state index contributed by atoms with van der Waals surface area (Å²) >= 11 is 1.57. The van der Waals surface area contributed by atoms with Gasteiger partial charge in [0.15, 0.2) is 17.7 Å². The fourth-order valence-corrected chi connectivity index (χ4v) is 3.24. The smallest absolute Gasteiger partial charge is 0.412 e. The van der Waals surface area contributed by atoms with Crippen LogP contribution >= 0.6 is 11.8 Å². The van der Waals surface area contributed by atoms with Crippen molar-refractivity contribution >= 4 is 29.5 Å². The van der Waals surface area contributed by atoms with Gasteiger partial charge < -0.3 is 19.7 Å². The van der Waals surface area contributed by atoms with E-state index in [1.54, 1.807) is 23.9 Å². The summed E-state index contributed by atoms with van der Waals surface area (Å²) in [5.74, 6) is -2.46. The Bertz CT molecular complexity index is 919. The summed E-state index contributed by atoms with van der Waals surface area (Å²) in [6.45, 7) is 0. The predicted octanol–water partition coefficient (Wildman–Crippen LogP) is 4.98. The van der Waals surface area contributed by atoms with Gasteiger partial charge in [0.25, 0.3) is 0 Å². The van der Waals surface area contributed by atoms with E-state index in [1.807, 2.05) is 18.4 Å². The van der Waals surface area contributed by atoms with Crippen LogP contribution in [0.4, 0.5) is 14.9 Å². The molecule has 3 N–H and O–H groups in total. The number of carbonyl (C=O) groups excluding carboxylic acids is 1. The molecule has 0 radical (unpaired) electrons. The van der Waals surface area contributed by atoms with Crippen LogP contribution in [-0.4, -0.2) is 41.7 Å². The van der Waals surface area contributed by atoms with Crippen LogP contribution in [-0.2, 0) is 14.3 Å². The number of amides is 1. The van der Waals surface area contributed by atoms with Gasteiger partial charge in [0.05, 0.1) is 6.10 Å². The van der Waals surface area contributed by atoms with Crippen molar-refractivity contribution in [2.24, 2.45) is 0 Å². The number of hydrogen-bond donors (Lipinski definition) is 3. The first kappa shape index (κ1) is 24.2. The van der Waals surface area contributed by atoms with Crippen molar-refractivity contribution in [3.63, 3.8) is 0 Å². The van der Waals surface area contributed by atoms with Gasteiger partial charge >= 0.3 is 12.1 Å². The number of ether oxygens (including phenoxy) is 2. The molecule has 0 saturated heterocycles. The molecule has 0 aromatic heterocycles. The van der Waals surface area contributed by atoms with Crippen molar-refractivity contribution < 1.29 is 33.7 Å². The number of thioether (sulfide) groups is 1. The SMILES string of the molecule is CO[C@H](CC/C=C/C(=O)O)[C@H](OC(=O)Nc1ccc(SC)cc1)c1ccc(O)c(F)c1. The second-order valence-electron chi connectivity index (χ2n) is 6.48. The Hall–Kier alpha value is -3.04. The molecule has 166 valence electrons. The van der Waals surface area contributed by atoms with Crippen LogP contribution in [0.5, 0.6) is 5.75 Å². The number of hydrogen-bond acceptors (Lipinski definition) is 6. The van der Waals surface area contributed by atoms with Crippen molar-refractivity contribution in [2.75, 3.05) is 18.7 Å². The molecule has 7 nitrogen and oxygen atoms in total. The first-order valence-corrected chi connectivity index (χ1v) is 10.6. The van der Waals surface area contributed by atoms with E-state index in [4.69, 9.17) is 14.6 Å². The average molecular weight is 450 g/mol. The fraction of sp³-hybridized carbons (Fsp3) is 0.273. The van der Waals surface area contributed by atoms with Gasteiger partial charge in [0.2, 0.25) is 0 Å². The zero-order valence-corrected chi connectivity index (χ0v) is 17.9. The minimum absolute atomic E-state index is 0.289. The largest absolute Gasteiger partial charge is 0.505 e. The lowest BCUT2D eigenvalue weighted by Gasteiger charge is -2.26. The lowest BCUT2D eigenvalue weighted by atomic mass is 10.00. The molecule has 2 rings (SSSR count). The van der Waals surface area contributed by atoms with E-state index in [0.29, 0.717) is 18.5 Å². The quantitative estimate of drug-likeness (QED) is 0.347. The monoisotopic (exact) mass is 449 g/mol. The van der Waals surface area contributed by atoms with E-state index >= 15 is 0 Å². The number of aromatic hydroxyl groups is 1. The van der Waals surface area contributed by atoms with Gasteiger partial charge in [-0.1, -0.05) is 12.1 Å². The molecule has 0 spiro atoms. The van der Waals surface area contributed by atoms with Gasteiger partial charge in [-0.2, -0.15) is 0 Å². The maximum Gasteiger partial charge on any atom is 0.412 e. The molecule has 0 bridgehead atoms. The first-order valence-electron chi connectivity index (χ1n) is 9.36. The Balaban J connectivity index is 2.19. The molecule has 2 aromatic rings. The van der Waals surface area contributed by atoms with Gasteiger partial charge in [-0.05, 0) is 61.1 Å². The van der Waals surface area contributed by atoms with Crippen LogP contribution < -0.4 is 5.32 Å². The number of phenolic OH excluding ortho intramolecular Hbond substituents is 1. The Labute approximate surface area is 183 Å². The Morgan fingerprint density at radius 3 is 2.52 bits per heavy atom. The highest BCUT2D eigenvalue weighted by atomic mass is 32.2. The summed E-state index contributed by atoms with van der Waals surface area (Å²) in [6.07, 6.45) is 2.60. The Morgan fingerprint density at radius 1 is 1.23 bits per heavy atom. The zero-order chi connectivity index (χ0) is 22.8. The lowest BCUT2D eigenvalue weighted by Crippen LogP contribution is -2.28. The van der Waals surface area contributed by atoms with Gasteiger partial charge in [-0.25, -0.2) is 14.0 Å². The number of carbonyl (C=O) groups is 2. The average Bonchev–Trinajstić information content (AvgIpc) is 2.75. The van der Waals surface area contributed by atoms with Crippen LogP contribution in [0.15, 0.2) is 59.5 Å². The molecule has 31 heavy (non-hydrogen) atoms. The fourth-order valence-electron chi connectivity index (χ4n) is 2.83. The van der Waals surface area contributed by atoms with Crippen molar-refractivity contribution in [3.05, 3.63) is 66.0 Å². The summed E-state index contributed by atoms with van der Waals surface area (Å²) in [6, 6.07) is 10.8. The number of anilines is 1. The number of phenols is 1. The molecule has 0 unspecified atom stereocenters. The van der Waals surface area contributed by atoms with Crippen LogP contribution in [0.3, 0.4) is 0 Å². The maximum atomic E-state index is 13.9.